The van der Waals surface area contributed by atoms with Crippen LogP contribution in [-0.2, 0) is 10.0 Å². The maximum Gasteiger partial charge on any atom is 0.240 e. The summed E-state index contributed by atoms with van der Waals surface area (Å²) in [5.41, 5.74) is 5.65. The van der Waals surface area contributed by atoms with Gasteiger partial charge < -0.3 is 5.73 Å². The van der Waals surface area contributed by atoms with Gasteiger partial charge in [-0.05, 0) is 23.6 Å². The van der Waals surface area contributed by atoms with Gasteiger partial charge in [-0.3, -0.25) is 0 Å². The van der Waals surface area contributed by atoms with E-state index in [0.29, 0.717) is 5.56 Å². The van der Waals surface area contributed by atoms with E-state index in [0.717, 1.165) is 0 Å². The number of benzene rings is 1. The Hall–Kier alpha value is -1.42. The molecule has 0 saturated heterocycles. The second kappa shape index (κ2) is 5.70. The number of nitriles is 1. The first kappa shape index (κ1) is 15.6. The highest BCUT2D eigenvalue weighted by molar-refractivity contribution is 7.89. The van der Waals surface area contributed by atoms with Gasteiger partial charge in [-0.15, -0.1) is 0 Å². The lowest BCUT2D eigenvalue weighted by molar-refractivity contribution is 0.304. The van der Waals surface area contributed by atoms with E-state index in [2.05, 4.69) is 4.72 Å². The van der Waals surface area contributed by atoms with Crippen molar-refractivity contribution in [3.05, 3.63) is 29.8 Å². The first-order valence-corrected chi connectivity index (χ1v) is 7.41. The zero-order chi connectivity index (χ0) is 14.7. The summed E-state index contributed by atoms with van der Waals surface area (Å²) in [5, 5.41) is 8.80. The Morgan fingerprint density at radius 1 is 1.42 bits per heavy atom. The smallest absolute Gasteiger partial charge is 0.240 e. The molecule has 0 spiro atoms. The van der Waals surface area contributed by atoms with Crippen molar-refractivity contribution < 1.29 is 8.42 Å². The van der Waals surface area contributed by atoms with Gasteiger partial charge in [-0.25, -0.2) is 13.1 Å². The summed E-state index contributed by atoms with van der Waals surface area (Å²) in [7, 11) is -3.67. The second-order valence-electron chi connectivity index (χ2n) is 5.42. The third kappa shape index (κ3) is 4.03. The molecule has 0 radical (unpaired) electrons. The van der Waals surface area contributed by atoms with Crippen LogP contribution < -0.4 is 10.5 Å². The van der Waals surface area contributed by atoms with Crippen molar-refractivity contribution in [2.24, 2.45) is 11.1 Å². The molecular formula is C13H19N3O2S. The normalized spacial score (nSPS) is 13.8. The van der Waals surface area contributed by atoms with E-state index in [1.54, 1.807) is 12.1 Å². The highest BCUT2D eigenvalue weighted by atomic mass is 32.2. The molecule has 0 saturated carbocycles. The molecule has 6 heteroatoms. The zero-order valence-electron chi connectivity index (χ0n) is 11.3. The molecule has 0 amide bonds. The molecule has 0 heterocycles. The number of sulfonamides is 1. The highest BCUT2D eigenvalue weighted by Gasteiger charge is 2.28. The molecule has 1 aromatic rings. The van der Waals surface area contributed by atoms with E-state index in [1.165, 1.54) is 12.1 Å². The van der Waals surface area contributed by atoms with Crippen LogP contribution in [0.5, 0.6) is 0 Å². The number of nitrogens with zero attached hydrogens (tertiary/aromatic N) is 1. The molecule has 3 N–H and O–H groups in total. The maximum absolute atomic E-state index is 12.2. The van der Waals surface area contributed by atoms with Gasteiger partial charge >= 0.3 is 0 Å². The minimum atomic E-state index is -3.67. The molecule has 104 valence electrons. The van der Waals surface area contributed by atoms with Crippen molar-refractivity contribution >= 4 is 10.0 Å². The predicted octanol–water partition coefficient (Wildman–Crippen LogP) is 1.21. The van der Waals surface area contributed by atoms with Crippen molar-refractivity contribution in [3.8, 4) is 6.07 Å². The molecule has 0 aliphatic rings. The van der Waals surface area contributed by atoms with E-state index < -0.39 is 10.0 Å². The van der Waals surface area contributed by atoms with Crippen LogP contribution in [0.15, 0.2) is 29.2 Å². The molecule has 0 bridgehead atoms. The van der Waals surface area contributed by atoms with Crippen LogP contribution in [0.4, 0.5) is 0 Å². The van der Waals surface area contributed by atoms with Crippen molar-refractivity contribution in [1.29, 1.82) is 5.26 Å². The standard InChI is InChI=1S/C13H19N3O2S/c1-13(2,3)12(9-15)16-19(17,18)11-6-4-5-10(7-11)8-14/h4-7,12,16H,9,15H2,1-3H3. The summed E-state index contributed by atoms with van der Waals surface area (Å²) in [5.74, 6) is 0. The summed E-state index contributed by atoms with van der Waals surface area (Å²) >= 11 is 0. The molecule has 0 aliphatic heterocycles. The largest absolute Gasteiger partial charge is 0.329 e. The van der Waals surface area contributed by atoms with Gasteiger partial charge in [0.1, 0.15) is 0 Å². The lowest BCUT2D eigenvalue weighted by Gasteiger charge is -2.30. The molecule has 1 aromatic carbocycles. The lowest BCUT2D eigenvalue weighted by atomic mass is 9.88. The fourth-order valence-electron chi connectivity index (χ4n) is 1.57. The first-order valence-electron chi connectivity index (χ1n) is 5.93. The van der Waals surface area contributed by atoms with Crippen LogP contribution in [0.3, 0.4) is 0 Å². The van der Waals surface area contributed by atoms with Gasteiger partial charge in [0.2, 0.25) is 10.0 Å². The molecule has 1 unspecified atom stereocenters. The van der Waals surface area contributed by atoms with Gasteiger partial charge in [-0.1, -0.05) is 26.8 Å². The molecule has 0 aliphatic carbocycles. The topological polar surface area (TPSA) is 96.0 Å². The van der Waals surface area contributed by atoms with E-state index >= 15 is 0 Å². The van der Waals surface area contributed by atoms with Crippen LogP contribution >= 0.6 is 0 Å². The lowest BCUT2D eigenvalue weighted by Crippen LogP contribution is -2.48. The Bertz CT molecular complexity index is 583. The third-order valence-corrected chi connectivity index (χ3v) is 4.32. The molecule has 1 rings (SSSR count). The van der Waals surface area contributed by atoms with E-state index in [4.69, 9.17) is 11.0 Å². The van der Waals surface area contributed by atoms with Crippen molar-refractivity contribution in [2.45, 2.75) is 31.7 Å². The number of hydrogen-bond acceptors (Lipinski definition) is 4. The Balaban J connectivity index is 3.08. The number of nitrogens with one attached hydrogen (secondary N) is 1. The molecule has 1 atom stereocenters. The number of hydrogen-bond donors (Lipinski definition) is 2. The van der Waals surface area contributed by atoms with E-state index in [1.807, 2.05) is 26.8 Å². The fourth-order valence-corrected chi connectivity index (χ4v) is 3.07. The highest BCUT2D eigenvalue weighted by Crippen LogP contribution is 2.21. The third-order valence-electron chi connectivity index (χ3n) is 2.85. The molecule has 5 nitrogen and oxygen atoms in total. The average Bonchev–Trinajstić information content (AvgIpc) is 2.34. The second-order valence-corrected chi connectivity index (χ2v) is 7.13. The molecule has 0 aromatic heterocycles. The van der Waals surface area contributed by atoms with Gasteiger partial charge in [-0.2, -0.15) is 5.26 Å². The Labute approximate surface area is 114 Å². The SMILES string of the molecule is CC(C)(C)C(CN)NS(=O)(=O)c1cccc(C#N)c1. The van der Waals surface area contributed by atoms with Gasteiger partial charge in [0.15, 0.2) is 0 Å². The summed E-state index contributed by atoms with van der Waals surface area (Å²) in [6.07, 6.45) is 0. The van der Waals surface area contributed by atoms with E-state index in [9.17, 15) is 8.42 Å². The number of nitrogens with two attached hydrogens (primary N) is 1. The summed E-state index contributed by atoms with van der Waals surface area (Å²) in [6.45, 7) is 5.96. The minimum absolute atomic E-state index is 0.0780. The molecule has 19 heavy (non-hydrogen) atoms. The van der Waals surface area contributed by atoms with Crippen LogP contribution in [-0.4, -0.2) is 21.0 Å². The Morgan fingerprint density at radius 3 is 2.53 bits per heavy atom. The van der Waals surface area contributed by atoms with Crippen molar-refractivity contribution in [2.75, 3.05) is 6.54 Å². The van der Waals surface area contributed by atoms with E-state index in [-0.39, 0.29) is 22.9 Å². The predicted molar refractivity (Wildman–Crippen MR) is 73.8 cm³/mol. The molecular weight excluding hydrogens is 262 g/mol. The van der Waals surface area contributed by atoms with Crippen LogP contribution in [0, 0.1) is 16.7 Å². The van der Waals surface area contributed by atoms with Crippen LogP contribution in [0.25, 0.3) is 0 Å². The van der Waals surface area contributed by atoms with Gasteiger partial charge in [0, 0.05) is 12.6 Å². The maximum atomic E-state index is 12.2. The Kier molecular flexibility index (Phi) is 4.69. The minimum Gasteiger partial charge on any atom is -0.329 e. The summed E-state index contributed by atoms with van der Waals surface area (Å²) in [6, 6.07) is 7.45. The summed E-state index contributed by atoms with van der Waals surface area (Å²) < 4.78 is 27.1. The Morgan fingerprint density at radius 2 is 2.05 bits per heavy atom. The number of rotatable bonds is 4. The van der Waals surface area contributed by atoms with Gasteiger partial charge in [0.25, 0.3) is 0 Å². The van der Waals surface area contributed by atoms with Crippen LogP contribution in [0.2, 0.25) is 0 Å². The zero-order valence-corrected chi connectivity index (χ0v) is 12.2. The average molecular weight is 281 g/mol. The molecule has 0 fully saturated rings. The van der Waals surface area contributed by atoms with Crippen LogP contribution in [0.1, 0.15) is 26.3 Å². The monoisotopic (exact) mass is 281 g/mol. The summed E-state index contributed by atoms with van der Waals surface area (Å²) in [4.78, 5) is 0.0780. The quantitative estimate of drug-likeness (QED) is 0.867. The van der Waals surface area contributed by atoms with Crippen molar-refractivity contribution in [3.63, 3.8) is 0 Å². The first-order chi connectivity index (χ1) is 8.70. The van der Waals surface area contributed by atoms with Crippen molar-refractivity contribution in [1.82, 2.24) is 4.72 Å². The fraction of sp³-hybridized carbons (Fsp3) is 0.462. The van der Waals surface area contributed by atoms with Gasteiger partial charge in [0.05, 0.1) is 16.5 Å².